The smallest absolute Gasteiger partial charge is 0.160 e. The maximum absolute atomic E-state index is 8.97. The standard InChI is InChI=1S/C12H9N3/c1-9-3-4-10(8-13)11(7-9)12-14-5-2-6-15-12/h2-7H,1H3. The topological polar surface area (TPSA) is 49.6 Å². The van der Waals surface area contributed by atoms with Crippen LogP contribution >= 0.6 is 0 Å². The van der Waals surface area contributed by atoms with Crippen molar-refractivity contribution in [3.8, 4) is 17.5 Å². The molecule has 1 aromatic heterocycles. The number of nitriles is 1. The van der Waals surface area contributed by atoms with Crippen molar-refractivity contribution in [1.29, 1.82) is 5.26 Å². The Kier molecular flexibility index (Phi) is 2.42. The van der Waals surface area contributed by atoms with Gasteiger partial charge in [0.1, 0.15) is 0 Å². The van der Waals surface area contributed by atoms with E-state index < -0.39 is 0 Å². The molecule has 0 amide bonds. The molecular formula is C12H9N3. The summed E-state index contributed by atoms with van der Waals surface area (Å²) in [5, 5.41) is 8.97. The summed E-state index contributed by atoms with van der Waals surface area (Å²) < 4.78 is 0. The molecule has 2 rings (SSSR count). The predicted octanol–water partition coefficient (Wildman–Crippen LogP) is 2.32. The van der Waals surface area contributed by atoms with Gasteiger partial charge in [0.2, 0.25) is 0 Å². The van der Waals surface area contributed by atoms with Gasteiger partial charge in [-0.15, -0.1) is 0 Å². The van der Waals surface area contributed by atoms with E-state index in [-0.39, 0.29) is 0 Å². The first-order chi connectivity index (χ1) is 7.31. The van der Waals surface area contributed by atoms with Crippen molar-refractivity contribution in [2.75, 3.05) is 0 Å². The maximum atomic E-state index is 8.97. The van der Waals surface area contributed by atoms with Crippen LogP contribution in [0.25, 0.3) is 11.4 Å². The molecule has 1 heterocycles. The van der Waals surface area contributed by atoms with Crippen LogP contribution in [0.1, 0.15) is 11.1 Å². The van der Waals surface area contributed by atoms with Gasteiger partial charge in [0.05, 0.1) is 11.6 Å². The van der Waals surface area contributed by atoms with Gasteiger partial charge >= 0.3 is 0 Å². The highest BCUT2D eigenvalue weighted by Gasteiger charge is 2.06. The molecule has 0 aliphatic carbocycles. The highest BCUT2D eigenvalue weighted by Crippen LogP contribution is 2.20. The Morgan fingerprint density at radius 3 is 2.60 bits per heavy atom. The van der Waals surface area contributed by atoms with E-state index in [0.29, 0.717) is 11.4 Å². The Morgan fingerprint density at radius 1 is 1.20 bits per heavy atom. The highest BCUT2D eigenvalue weighted by atomic mass is 14.8. The zero-order chi connectivity index (χ0) is 10.7. The first kappa shape index (κ1) is 9.35. The van der Waals surface area contributed by atoms with E-state index in [1.165, 1.54) is 0 Å². The van der Waals surface area contributed by atoms with Gasteiger partial charge in [-0.3, -0.25) is 0 Å². The van der Waals surface area contributed by atoms with Crippen LogP contribution in [0.3, 0.4) is 0 Å². The summed E-state index contributed by atoms with van der Waals surface area (Å²) in [5.74, 6) is 0.595. The third kappa shape index (κ3) is 1.84. The lowest BCUT2D eigenvalue weighted by Gasteiger charge is -2.02. The van der Waals surface area contributed by atoms with Crippen LogP contribution in [0, 0.1) is 18.3 Å². The first-order valence-electron chi connectivity index (χ1n) is 4.59. The van der Waals surface area contributed by atoms with Crippen LogP contribution in [0.15, 0.2) is 36.7 Å². The van der Waals surface area contributed by atoms with E-state index in [1.807, 2.05) is 19.1 Å². The van der Waals surface area contributed by atoms with Gasteiger partial charge in [-0.05, 0) is 25.1 Å². The molecule has 0 saturated heterocycles. The fourth-order valence-corrected chi connectivity index (χ4v) is 1.38. The fraction of sp³-hybridized carbons (Fsp3) is 0.0833. The minimum Gasteiger partial charge on any atom is -0.237 e. The molecule has 0 spiro atoms. The molecule has 15 heavy (non-hydrogen) atoms. The van der Waals surface area contributed by atoms with Crippen molar-refractivity contribution in [2.45, 2.75) is 6.92 Å². The summed E-state index contributed by atoms with van der Waals surface area (Å²) in [6.07, 6.45) is 3.34. The van der Waals surface area contributed by atoms with E-state index in [4.69, 9.17) is 5.26 Å². The second-order valence-corrected chi connectivity index (χ2v) is 3.23. The Balaban J connectivity index is 2.62. The second-order valence-electron chi connectivity index (χ2n) is 3.23. The maximum Gasteiger partial charge on any atom is 0.160 e. The third-order valence-corrected chi connectivity index (χ3v) is 2.10. The van der Waals surface area contributed by atoms with Crippen LogP contribution in [-0.4, -0.2) is 9.97 Å². The van der Waals surface area contributed by atoms with E-state index in [0.717, 1.165) is 11.1 Å². The number of aryl methyl sites for hydroxylation is 1. The van der Waals surface area contributed by atoms with Crippen LogP contribution in [0.2, 0.25) is 0 Å². The van der Waals surface area contributed by atoms with Crippen LogP contribution < -0.4 is 0 Å². The van der Waals surface area contributed by atoms with Crippen molar-refractivity contribution in [2.24, 2.45) is 0 Å². The Hall–Kier alpha value is -2.21. The van der Waals surface area contributed by atoms with Crippen molar-refractivity contribution < 1.29 is 0 Å². The molecule has 0 radical (unpaired) electrons. The summed E-state index contributed by atoms with van der Waals surface area (Å²) in [6.45, 7) is 1.98. The van der Waals surface area contributed by atoms with Gasteiger partial charge in [-0.1, -0.05) is 11.6 Å². The lowest BCUT2D eigenvalue weighted by Crippen LogP contribution is -1.91. The van der Waals surface area contributed by atoms with Crippen molar-refractivity contribution in [3.05, 3.63) is 47.8 Å². The largest absolute Gasteiger partial charge is 0.237 e. The molecule has 0 saturated carbocycles. The molecule has 3 heteroatoms. The van der Waals surface area contributed by atoms with E-state index >= 15 is 0 Å². The molecule has 1 aromatic carbocycles. The quantitative estimate of drug-likeness (QED) is 0.701. The molecule has 0 bridgehead atoms. The third-order valence-electron chi connectivity index (χ3n) is 2.10. The van der Waals surface area contributed by atoms with E-state index in [1.54, 1.807) is 24.5 Å². The summed E-state index contributed by atoms with van der Waals surface area (Å²) in [6, 6.07) is 9.52. The van der Waals surface area contributed by atoms with Gasteiger partial charge in [-0.25, -0.2) is 9.97 Å². The lowest BCUT2D eigenvalue weighted by atomic mass is 10.0. The van der Waals surface area contributed by atoms with Crippen LogP contribution in [0.4, 0.5) is 0 Å². The second kappa shape index (κ2) is 3.89. The average Bonchev–Trinajstić information content (AvgIpc) is 2.30. The Morgan fingerprint density at radius 2 is 1.93 bits per heavy atom. The minimum atomic E-state index is 0.595. The number of benzene rings is 1. The predicted molar refractivity (Wildman–Crippen MR) is 56.9 cm³/mol. The molecule has 0 atom stereocenters. The number of hydrogen-bond acceptors (Lipinski definition) is 3. The average molecular weight is 195 g/mol. The first-order valence-corrected chi connectivity index (χ1v) is 4.59. The van der Waals surface area contributed by atoms with Gasteiger partial charge in [0.25, 0.3) is 0 Å². The van der Waals surface area contributed by atoms with Crippen LogP contribution in [-0.2, 0) is 0 Å². The number of nitrogens with zero attached hydrogens (tertiary/aromatic N) is 3. The summed E-state index contributed by atoms with van der Waals surface area (Å²) in [5.41, 5.74) is 2.49. The zero-order valence-corrected chi connectivity index (χ0v) is 8.31. The molecule has 72 valence electrons. The number of hydrogen-bond donors (Lipinski definition) is 0. The normalized spacial score (nSPS) is 9.60. The molecule has 2 aromatic rings. The van der Waals surface area contributed by atoms with Gasteiger partial charge < -0.3 is 0 Å². The van der Waals surface area contributed by atoms with Crippen molar-refractivity contribution >= 4 is 0 Å². The van der Waals surface area contributed by atoms with E-state index in [2.05, 4.69) is 16.0 Å². The Bertz CT molecular complexity index is 512. The van der Waals surface area contributed by atoms with Gasteiger partial charge in [-0.2, -0.15) is 5.26 Å². The van der Waals surface area contributed by atoms with Crippen molar-refractivity contribution in [3.63, 3.8) is 0 Å². The molecule has 0 unspecified atom stereocenters. The molecular weight excluding hydrogens is 186 g/mol. The monoisotopic (exact) mass is 195 g/mol. The molecule has 0 aliphatic rings. The fourth-order valence-electron chi connectivity index (χ4n) is 1.38. The number of rotatable bonds is 1. The lowest BCUT2D eigenvalue weighted by molar-refractivity contribution is 1.17. The Labute approximate surface area is 88.1 Å². The minimum absolute atomic E-state index is 0.595. The van der Waals surface area contributed by atoms with Gasteiger partial charge in [0.15, 0.2) is 5.82 Å². The summed E-state index contributed by atoms with van der Waals surface area (Å²) >= 11 is 0. The zero-order valence-electron chi connectivity index (χ0n) is 8.31. The molecule has 0 fully saturated rings. The highest BCUT2D eigenvalue weighted by molar-refractivity contribution is 5.65. The van der Waals surface area contributed by atoms with Crippen LogP contribution in [0.5, 0.6) is 0 Å². The molecule has 0 aliphatic heterocycles. The molecule has 3 nitrogen and oxygen atoms in total. The van der Waals surface area contributed by atoms with E-state index in [9.17, 15) is 0 Å². The molecule has 0 N–H and O–H groups in total. The SMILES string of the molecule is Cc1ccc(C#N)c(-c2ncccn2)c1. The summed E-state index contributed by atoms with van der Waals surface area (Å²) in [7, 11) is 0. The van der Waals surface area contributed by atoms with Crippen molar-refractivity contribution in [1.82, 2.24) is 9.97 Å². The number of aromatic nitrogens is 2. The van der Waals surface area contributed by atoms with Gasteiger partial charge in [0, 0.05) is 18.0 Å². The summed E-state index contributed by atoms with van der Waals surface area (Å²) in [4.78, 5) is 8.27.